The summed E-state index contributed by atoms with van der Waals surface area (Å²) in [5.74, 6) is 0.469. The third-order valence-corrected chi connectivity index (χ3v) is 3.82. The van der Waals surface area contributed by atoms with Gasteiger partial charge in [0.2, 0.25) is 5.82 Å². The van der Waals surface area contributed by atoms with E-state index in [1.54, 1.807) is 4.80 Å². The number of halogens is 3. The number of tetrazole rings is 1. The molecule has 0 atom stereocenters. The second kappa shape index (κ2) is 7.55. The normalized spacial score (nSPS) is 11.5. The summed E-state index contributed by atoms with van der Waals surface area (Å²) in [4.78, 5) is 1.55. The fraction of sp³-hybridized carbons (Fsp3) is 0.278. The van der Waals surface area contributed by atoms with Crippen molar-refractivity contribution in [2.24, 2.45) is 0 Å². The first-order valence-corrected chi connectivity index (χ1v) is 8.29. The van der Waals surface area contributed by atoms with Crippen molar-refractivity contribution in [3.63, 3.8) is 0 Å². The van der Waals surface area contributed by atoms with Gasteiger partial charge in [0.1, 0.15) is 0 Å². The van der Waals surface area contributed by atoms with Crippen LogP contribution in [-0.2, 0) is 12.7 Å². The highest BCUT2D eigenvalue weighted by molar-refractivity contribution is 5.77. The van der Waals surface area contributed by atoms with Crippen molar-refractivity contribution in [2.75, 3.05) is 5.32 Å². The molecule has 0 amide bonds. The Morgan fingerprint density at radius 3 is 2.46 bits per heavy atom. The van der Waals surface area contributed by atoms with Crippen LogP contribution >= 0.6 is 0 Å². The van der Waals surface area contributed by atoms with Crippen LogP contribution in [-0.4, -0.2) is 20.2 Å². The third kappa shape index (κ3) is 4.19. The lowest BCUT2D eigenvalue weighted by Crippen LogP contribution is -2.04. The average Bonchev–Trinajstić information content (AvgIpc) is 3.09. The maximum absolute atomic E-state index is 12.7. The summed E-state index contributed by atoms with van der Waals surface area (Å²) in [6.07, 6.45) is -2.36. The van der Waals surface area contributed by atoms with Crippen LogP contribution in [0.15, 0.2) is 48.5 Å². The van der Waals surface area contributed by atoms with Crippen molar-refractivity contribution in [1.82, 2.24) is 20.2 Å². The topological polar surface area (TPSA) is 55.6 Å². The molecule has 0 aliphatic heterocycles. The predicted octanol–water partition coefficient (Wildman–Crippen LogP) is 4.90. The van der Waals surface area contributed by atoms with Crippen LogP contribution in [0.1, 0.15) is 25.3 Å². The standard InChI is InChI=1S/C18H18F3N5/c1-2-3-12-26-24-17(23-25-26)15-6-4-5-7-16(15)22-14-10-8-13(9-11-14)18(19,20)21/h4-11,22H,2-3,12H2,1H3. The highest BCUT2D eigenvalue weighted by Crippen LogP contribution is 2.32. The van der Waals surface area contributed by atoms with Gasteiger partial charge in [0.05, 0.1) is 12.1 Å². The molecule has 0 aliphatic rings. The summed E-state index contributed by atoms with van der Waals surface area (Å²) < 4.78 is 38.0. The molecule has 3 rings (SSSR count). The number of aromatic nitrogens is 4. The molecule has 8 heteroatoms. The fourth-order valence-electron chi connectivity index (χ4n) is 2.43. The Balaban J connectivity index is 1.82. The number of para-hydroxylation sites is 1. The van der Waals surface area contributed by atoms with Crippen molar-refractivity contribution in [3.8, 4) is 11.4 Å². The highest BCUT2D eigenvalue weighted by atomic mass is 19.4. The molecule has 0 radical (unpaired) electrons. The first-order valence-electron chi connectivity index (χ1n) is 8.29. The molecule has 0 saturated heterocycles. The number of hydrogen-bond acceptors (Lipinski definition) is 4. The molecule has 0 bridgehead atoms. The summed E-state index contributed by atoms with van der Waals surface area (Å²) in [5.41, 5.74) is 1.29. The van der Waals surface area contributed by atoms with Gasteiger partial charge in [-0.2, -0.15) is 18.0 Å². The molecule has 5 nitrogen and oxygen atoms in total. The van der Waals surface area contributed by atoms with Gasteiger partial charge < -0.3 is 5.32 Å². The molecule has 0 spiro atoms. The molecule has 2 aromatic carbocycles. The summed E-state index contributed by atoms with van der Waals surface area (Å²) in [6, 6.07) is 12.2. The molecule has 26 heavy (non-hydrogen) atoms. The van der Waals surface area contributed by atoms with E-state index in [0.29, 0.717) is 23.7 Å². The van der Waals surface area contributed by atoms with E-state index in [0.717, 1.165) is 30.5 Å². The van der Waals surface area contributed by atoms with Crippen molar-refractivity contribution >= 4 is 11.4 Å². The Kier molecular flexibility index (Phi) is 5.20. The maximum Gasteiger partial charge on any atom is 0.416 e. The van der Waals surface area contributed by atoms with Crippen LogP contribution in [0.3, 0.4) is 0 Å². The van der Waals surface area contributed by atoms with Gasteiger partial charge in [-0.15, -0.1) is 10.2 Å². The Morgan fingerprint density at radius 1 is 1.04 bits per heavy atom. The lowest BCUT2D eigenvalue weighted by molar-refractivity contribution is -0.137. The molecular weight excluding hydrogens is 343 g/mol. The van der Waals surface area contributed by atoms with Crippen molar-refractivity contribution in [3.05, 3.63) is 54.1 Å². The molecule has 0 saturated carbocycles. The van der Waals surface area contributed by atoms with Gasteiger partial charge in [-0.3, -0.25) is 0 Å². The zero-order valence-corrected chi connectivity index (χ0v) is 14.2. The summed E-state index contributed by atoms with van der Waals surface area (Å²) in [7, 11) is 0. The summed E-state index contributed by atoms with van der Waals surface area (Å²) in [5, 5.41) is 15.6. The quantitative estimate of drug-likeness (QED) is 0.678. The van der Waals surface area contributed by atoms with Crippen molar-refractivity contribution < 1.29 is 13.2 Å². The average molecular weight is 361 g/mol. The zero-order valence-electron chi connectivity index (χ0n) is 14.2. The summed E-state index contributed by atoms with van der Waals surface area (Å²) >= 11 is 0. The lowest BCUT2D eigenvalue weighted by atomic mass is 10.1. The van der Waals surface area contributed by atoms with Gasteiger partial charge in [-0.1, -0.05) is 25.5 Å². The van der Waals surface area contributed by atoms with Crippen LogP contribution in [0, 0.1) is 0 Å². The van der Waals surface area contributed by atoms with Gasteiger partial charge in [0.25, 0.3) is 0 Å². The van der Waals surface area contributed by atoms with E-state index >= 15 is 0 Å². The van der Waals surface area contributed by atoms with Crippen LogP contribution < -0.4 is 5.32 Å². The van der Waals surface area contributed by atoms with Crippen LogP contribution in [0.4, 0.5) is 24.5 Å². The van der Waals surface area contributed by atoms with Crippen LogP contribution in [0.5, 0.6) is 0 Å². The van der Waals surface area contributed by atoms with E-state index in [1.807, 2.05) is 24.3 Å². The Labute approximate surface area is 148 Å². The van der Waals surface area contributed by atoms with Crippen LogP contribution in [0.2, 0.25) is 0 Å². The number of aryl methyl sites for hydroxylation is 1. The molecule has 0 unspecified atom stereocenters. The number of nitrogens with zero attached hydrogens (tertiary/aromatic N) is 4. The predicted molar refractivity (Wildman–Crippen MR) is 92.9 cm³/mol. The molecule has 136 valence electrons. The van der Waals surface area contributed by atoms with Crippen LogP contribution in [0.25, 0.3) is 11.4 Å². The maximum atomic E-state index is 12.7. The first kappa shape index (κ1) is 17.9. The minimum atomic E-state index is -4.35. The zero-order chi connectivity index (χ0) is 18.6. The monoisotopic (exact) mass is 361 g/mol. The number of anilines is 2. The first-order chi connectivity index (χ1) is 12.5. The van der Waals surface area contributed by atoms with Gasteiger partial charge >= 0.3 is 6.18 Å². The SMILES string of the molecule is CCCCn1nnc(-c2ccccc2Nc2ccc(C(F)(F)F)cc2)n1. The molecular formula is C18H18F3N5. The lowest BCUT2D eigenvalue weighted by Gasteiger charge is -2.11. The summed E-state index contributed by atoms with van der Waals surface area (Å²) in [6.45, 7) is 2.78. The van der Waals surface area contributed by atoms with Gasteiger partial charge in [0, 0.05) is 16.9 Å². The molecule has 0 fully saturated rings. The van der Waals surface area contributed by atoms with Gasteiger partial charge in [0.15, 0.2) is 0 Å². The Morgan fingerprint density at radius 2 is 1.77 bits per heavy atom. The van der Waals surface area contributed by atoms with Gasteiger partial charge in [-0.05, 0) is 48.0 Å². The largest absolute Gasteiger partial charge is 0.416 e. The number of alkyl halides is 3. The molecule has 1 aromatic heterocycles. The molecule has 1 heterocycles. The minimum absolute atomic E-state index is 0.469. The third-order valence-electron chi connectivity index (χ3n) is 3.82. The van der Waals surface area contributed by atoms with Crippen molar-refractivity contribution in [2.45, 2.75) is 32.5 Å². The van der Waals surface area contributed by atoms with E-state index in [1.165, 1.54) is 12.1 Å². The van der Waals surface area contributed by atoms with E-state index < -0.39 is 11.7 Å². The number of nitrogens with one attached hydrogen (secondary N) is 1. The number of hydrogen-bond donors (Lipinski definition) is 1. The second-order valence-electron chi connectivity index (χ2n) is 5.81. The highest BCUT2D eigenvalue weighted by Gasteiger charge is 2.29. The van der Waals surface area contributed by atoms with Gasteiger partial charge in [-0.25, -0.2) is 0 Å². The second-order valence-corrected chi connectivity index (χ2v) is 5.81. The number of benzene rings is 2. The minimum Gasteiger partial charge on any atom is -0.355 e. The molecule has 3 aromatic rings. The number of rotatable bonds is 6. The Bertz CT molecular complexity index is 856. The van der Waals surface area contributed by atoms with E-state index in [4.69, 9.17) is 0 Å². The number of unbranched alkanes of at least 4 members (excludes halogenated alkanes) is 1. The smallest absolute Gasteiger partial charge is 0.355 e. The van der Waals surface area contributed by atoms with Crippen molar-refractivity contribution in [1.29, 1.82) is 0 Å². The molecule has 0 aliphatic carbocycles. The Hall–Kier alpha value is -2.90. The van der Waals surface area contributed by atoms with E-state index in [2.05, 4.69) is 27.7 Å². The van der Waals surface area contributed by atoms with E-state index in [-0.39, 0.29) is 0 Å². The fourth-order valence-corrected chi connectivity index (χ4v) is 2.43. The van der Waals surface area contributed by atoms with E-state index in [9.17, 15) is 13.2 Å². The molecule has 1 N–H and O–H groups in total.